The maximum atomic E-state index is 5.72. The molecule has 0 radical (unpaired) electrons. The lowest BCUT2D eigenvalue weighted by Crippen LogP contribution is -2.02. The van der Waals surface area contributed by atoms with Crippen LogP contribution >= 0.6 is 11.8 Å². The molecule has 0 aliphatic heterocycles. The van der Waals surface area contributed by atoms with Crippen LogP contribution in [-0.4, -0.2) is 15.9 Å². The Balaban J connectivity index is 1.99. The first-order chi connectivity index (χ1) is 9.33. The lowest BCUT2D eigenvalue weighted by molar-refractivity contribution is 0.380. The van der Waals surface area contributed by atoms with Gasteiger partial charge in [0.2, 0.25) is 5.89 Å². The van der Waals surface area contributed by atoms with E-state index in [0.29, 0.717) is 18.9 Å². The summed E-state index contributed by atoms with van der Waals surface area (Å²) in [5, 5.41) is 4.00. The molecule has 1 aromatic heterocycles. The second kappa shape index (κ2) is 7.31. The monoisotopic (exact) mass is 277 g/mol. The Morgan fingerprint density at radius 2 is 2.05 bits per heavy atom. The molecule has 2 aromatic rings. The minimum Gasteiger partial charge on any atom is -0.339 e. The van der Waals surface area contributed by atoms with E-state index < -0.39 is 0 Å². The fraction of sp³-hybridized carbons (Fsp3) is 0.429. The lowest BCUT2D eigenvalue weighted by atomic mass is 10.0. The summed E-state index contributed by atoms with van der Waals surface area (Å²) < 4.78 is 5.28. The van der Waals surface area contributed by atoms with Crippen molar-refractivity contribution in [3.63, 3.8) is 0 Å². The Bertz CT molecular complexity index is 513. The van der Waals surface area contributed by atoms with Crippen LogP contribution in [0.2, 0.25) is 0 Å². The van der Waals surface area contributed by atoms with Gasteiger partial charge in [-0.2, -0.15) is 16.7 Å². The van der Waals surface area contributed by atoms with Crippen molar-refractivity contribution >= 4 is 11.8 Å². The molecule has 2 rings (SSSR count). The van der Waals surface area contributed by atoms with Gasteiger partial charge in [0.05, 0.1) is 12.2 Å². The van der Waals surface area contributed by atoms with Crippen molar-refractivity contribution in [1.82, 2.24) is 10.1 Å². The molecular weight excluding hydrogens is 258 g/mol. The molecule has 0 atom stereocenters. The summed E-state index contributed by atoms with van der Waals surface area (Å²) >= 11 is 1.83. The van der Waals surface area contributed by atoms with Crippen LogP contribution in [0.1, 0.15) is 36.2 Å². The van der Waals surface area contributed by atoms with Crippen LogP contribution in [0.5, 0.6) is 0 Å². The van der Waals surface area contributed by atoms with Crippen molar-refractivity contribution in [1.29, 1.82) is 0 Å². The second-order valence-corrected chi connectivity index (χ2v) is 5.41. The van der Waals surface area contributed by atoms with Crippen LogP contribution in [0.3, 0.4) is 0 Å². The van der Waals surface area contributed by atoms with Gasteiger partial charge in [0.25, 0.3) is 0 Å². The summed E-state index contributed by atoms with van der Waals surface area (Å²) in [6.45, 7) is 2.70. The molecule has 5 heteroatoms. The number of thioether (sulfide) groups is 1. The van der Waals surface area contributed by atoms with Crippen LogP contribution in [0, 0.1) is 0 Å². The molecule has 0 saturated heterocycles. The maximum Gasteiger partial charge on any atom is 0.231 e. The summed E-state index contributed by atoms with van der Waals surface area (Å²) in [5.74, 6) is 3.38. The fourth-order valence-electron chi connectivity index (χ4n) is 1.82. The molecule has 0 bridgehead atoms. The number of aromatic nitrogens is 2. The summed E-state index contributed by atoms with van der Waals surface area (Å²) in [5.41, 5.74) is 8.00. The normalized spacial score (nSPS) is 10.8. The third-order valence-electron chi connectivity index (χ3n) is 2.77. The largest absolute Gasteiger partial charge is 0.339 e. The summed E-state index contributed by atoms with van der Waals surface area (Å²) in [6.07, 6.45) is 1.82. The quantitative estimate of drug-likeness (QED) is 0.788. The standard InChI is InChI=1S/C14H19N3OS/c1-2-7-19-10-13-16-14(18-17-13)8-11-5-3-4-6-12(11)9-15/h3-6H,2,7-10,15H2,1H3. The van der Waals surface area contributed by atoms with E-state index in [1.807, 2.05) is 30.0 Å². The Labute approximate surface area is 117 Å². The van der Waals surface area contributed by atoms with Crippen LogP contribution in [-0.2, 0) is 18.7 Å². The molecule has 102 valence electrons. The van der Waals surface area contributed by atoms with E-state index in [1.54, 1.807) is 0 Å². The van der Waals surface area contributed by atoms with Crippen LogP contribution in [0.25, 0.3) is 0 Å². The third-order valence-corrected chi connectivity index (χ3v) is 3.93. The Kier molecular flexibility index (Phi) is 5.42. The highest BCUT2D eigenvalue weighted by molar-refractivity contribution is 7.98. The van der Waals surface area contributed by atoms with Crippen molar-refractivity contribution in [3.05, 3.63) is 47.1 Å². The number of hydrogen-bond donors (Lipinski definition) is 1. The first-order valence-electron chi connectivity index (χ1n) is 6.49. The lowest BCUT2D eigenvalue weighted by Gasteiger charge is -2.03. The molecule has 19 heavy (non-hydrogen) atoms. The Morgan fingerprint density at radius 1 is 1.26 bits per heavy atom. The molecule has 2 N–H and O–H groups in total. The zero-order valence-corrected chi connectivity index (χ0v) is 11.9. The zero-order chi connectivity index (χ0) is 13.5. The highest BCUT2D eigenvalue weighted by Gasteiger charge is 2.09. The second-order valence-electron chi connectivity index (χ2n) is 4.31. The van der Waals surface area contributed by atoms with Crippen molar-refractivity contribution < 1.29 is 4.52 Å². The maximum absolute atomic E-state index is 5.72. The number of nitrogens with zero attached hydrogens (tertiary/aromatic N) is 2. The van der Waals surface area contributed by atoms with Gasteiger partial charge in [0, 0.05) is 6.54 Å². The van der Waals surface area contributed by atoms with Crippen molar-refractivity contribution in [3.8, 4) is 0 Å². The van der Waals surface area contributed by atoms with Crippen LogP contribution in [0.4, 0.5) is 0 Å². The smallest absolute Gasteiger partial charge is 0.231 e. The first-order valence-corrected chi connectivity index (χ1v) is 7.65. The predicted molar refractivity (Wildman–Crippen MR) is 77.9 cm³/mol. The molecule has 0 aliphatic carbocycles. The molecule has 1 aromatic carbocycles. The zero-order valence-electron chi connectivity index (χ0n) is 11.1. The Morgan fingerprint density at radius 3 is 2.79 bits per heavy atom. The van der Waals surface area contributed by atoms with Gasteiger partial charge in [-0.3, -0.25) is 0 Å². The van der Waals surface area contributed by atoms with E-state index in [1.165, 1.54) is 6.42 Å². The van der Waals surface area contributed by atoms with Gasteiger partial charge in [-0.15, -0.1) is 0 Å². The number of benzene rings is 1. The van der Waals surface area contributed by atoms with E-state index in [0.717, 1.165) is 28.5 Å². The van der Waals surface area contributed by atoms with Crippen molar-refractivity contribution in [2.45, 2.75) is 32.1 Å². The minimum absolute atomic E-state index is 0.531. The molecule has 4 nitrogen and oxygen atoms in total. The highest BCUT2D eigenvalue weighted by atomic mass is 32.2. The molecule has 0 amide bonds. The molecule has 0 saturated carbocycles. The highest BCUT2D eigenvalue weighted by Crippen LogP contribution is 2.15. The van der Waals surface area contributed by atoms with Crippen molar-refractivity contribution in [2.24, 2.45) is 5.73 Å². The minimum atomic E-state index is 0.531. The third kappa shape index (κ3) is 4.08. The first kappa shape index (κ1) is 14.1. The SMILES string of the molecule is CCCSCc1noc(Cc2ccccc2CN)n1. The molecule has 0 spiro atoms. The average molecular weight is 277 g/mol. The van der Waals surface area contributed by atoms with E-state index in [4.69, 9.17) is 10.3 Å². The predicted octanol–water partition coefficient (Wildman–Crippen LogP) is 2.76. The number of nitrogens with two attached hydrogens (primary N) is 1. The molecular formula is C14H19N3OS. The summed E-state index contributed by atoms with van der Waals surface area (Å²) in [6, 6.07) is 8.08. The molecule has 1 heterocycles. The van der Waals surface area contributed by atoms with Gasteiger partial charge in [-0.25, -0.2) is 0 Å². The molecule has 0 fully saturated rings. The van der Waals surface area contributed by atoms with E-state index in [9.17, 15) is 0 Å². The van der Waals surface area contributed by atoms with Crippen molar-refractivity contribution in [2.75, 3.05) is 5.75 Å². The van der Waals surface area contributed by atoms with Crippen LogP contribution in [0.15, 0.2) is 28.8 Å². The van der Waals surface area contributed by atoms with E-state index in [2.05, 4.69) is 23.1 Å². The van der Waals surface area contributed by atoms with Gasteiger partial charge >= 0.3 is 0 Å². The number of rotatable bonds is 7. The van der Waals surface area contributed by atoms with Gasteiger partial charge in [-0.05, 0) is 23.3 Å². The van der Waals surface area contributed by atoms with Gasteiger partial charge < -0.3 is 10.3 Å². The van der Waals surface area contributed by atoms with Gasteiger partial charge in [0.1, 0.15) is 0 Å². The summed E-state index contributed by atoms with van der Waals surface area (Å²) in [7, 11) is 0. The topological polar surface area (TPSA) is 64.9 Å². The number of hydrogen-bond acceptors (Lipinski definition) is 5. The molecule has 0 unspecified atom stereocenters. The molecule has 0 aliphatic rings. The van der Waals surface area contributed by atoms with Crippen LogP contribution < -0.4 is 5.73 Å². The fourth-order valence-corrected chi connectivity index (χ4v) is 2.55. The average Bonchev–Trinajstić information content (AvgIpc) is 2.87. The van der Waals surface area contributed by atoms with E-state index >= 15 is 0 Å². The van der Waals surface area contributed by atoms with Gasteiger partial charge in [-0.1, -0.05) is 36.3 Å². The van der Waals surface area contributed by atoms with Gasteiger partial charge in [0.15, 0.2) is 5.82 Å². The van der Waals surface area contributed by atoms with E-state index in [-0.39, 0.29) is 0 Å². The summed E-state index contributed by atoms with van der Waals surface area (Å²) in [4.78, 5) is 4.41. The Hall–Kier alpha value is -1.33.